The van der Waals surface area contributed by atoms with Crippen molar-refractivity contribution in [3.05, 3.63) is 11.3 Å². The first kappa shape index (κ1) is 21.9. The van der Waals surface area contributed by atoms with Crippen molar-refractivity contribution < 1.29 is 24.2 Å². The third kappa shape index (κ3) is 4.70. The van der Waals surface area contributed by atoms with Crippen LogP contribution in [0.5, 0.6) is 0 Å². The molecule has 2 amide bonds. The van der Waals surface area contributed by atoms with Gasteiger partial charge in [-0.1, -0.05) is 11.8 Å². The van der Waals surface area contributed by atoms with Crippen LogP contribution in [-0.2, 0) is 25.7 Å². The summed E-state index contributed by atoms with van der Waals surface area (Å²) < 4.78 is 6.49. The van der Waals surface area contributed by atoms with E-state index in [2.05, 4.69) is 20.8 Å². The summed E-state index contributed by atoms with van der Waals surface area (Å²) in [4.78, 5) is 37.7. The number of aliphatic carboxylic acids is 1. The molecule has 14 heteroatoms. The van der Waals surface area contributed by atoms with Gasteiger partial charge in [0.05, 0.1) is 11.7 Å². The number of fused-ring (bicyclic) bond motifs is 1. The Morgan fingerprint density at radius 3 is 2.93 bits per heavy atom. The number of hydrogen-bond acceptors (Lipinski definition) is 10. The Labute approximate surface area is 179 Å². The molecule has 2 aliphatic heterocycles. The number of aromatic nitrogens is 4. The number of hydrogen-bond donors (Lipinski definition) is 2. The summed E-state index contributed by atoms with van der Waals surface area (Å²) in [6.07, 6.45) is 0. The van der Waals surface area contributed by atoms with E-state index < -0.39 is 23.3 Å². The molecule has 3 heterocycles. The lowest BCUT2D eigenvalue weighted by molar-refractivity contribution is -0.150. The second kappa shape index (κ2) is 9.82. The molecule has 2 aliphatic rings. The van der Waals surface area contributed by atoms with Gasteiger partial charge in [0.15, 0.2) is 0 Å². The fourth-order valence-corrected chi connectivity index (χ4v) is 5.82. The third-order valence-corrected chi connectivity index (χ3v) is 7.43. The molecule has 2 atom stereocenters. The van der Waals surface area contributed by atoms with Gasteiger partial charge in [-0.3, -0.25) is 14.5 Å². The van der Waals surface area contributed by atoms with Crippen LogP contribution in [0.1, 0.15) is 6.92 Å². The van der Waals surface area contributed by atoms with Crippen LogP contribution in [0.25, 0.3) is 0 Å². The highest BCUT2D eigenvalue weighted by molar-refractivity contribution is 8.01. The average molecular weight is 461 g/mol. The molecule has 0 spiro atoms. The Balaban J connectivity index is 1.67. The van der Waals surface area contributed by atoms with Crippen LogP contribution in [-0.4, -0.2) is 89.7 Å². The number of tetrazole rings is 1. The van der Waals surface area contributed by atoms with Crippen LogP contribution in [0.15, 0.2) is 16.4 Å². The molecule has 1 unspecified atom stereocenters. The highest BCUT2D eigenvalue weighted by Gasteiger charge is 2.54. The molecule has 11 nitrogen and oxygen atoms in total. The maximum absolute atomic E-state index is 12.6. The summed E-state index contributed by atoms with van der Waals surface area (Å²) in [5, 5.41) is 24.0. The maximum Gasteiger partial charge on any atom is 0.352 e. The van der Waals surface area contributed by atoms with Crippen molar-refractivity contribution in [1.29, 1.82) is 0 Å². The first-order valence-electron chi connectivity index (χ1n) is 8.62. The number of methoxy groups -OCH3 is 1. The second-order valence-corrected chi connectivity index (χ2v) is 9.01. The lowest BCUT2D eigenvalue weighted by Gasteiger charge is -2.49. The number of β-lactam (4-membered cyclic amide) rings is 1. The second-order valence-electron chi connectivity index (χ2n) is 6.03. The van der Waals surface area contributed by atoms with Crippen LogP contribution in [0, 0.1) is 0 Å². The molecule has 1 fully saturated rings. The van der Waals surface area contributed by atoms with E-state index in [4.69, 9.17) is 4.74 Å². The summed E-state index contributed by atoms with van der Waals surface area (Å²) in [5.74, 6) is -0.493. The van der Waals surface area contributed by atoms with Gasteiger partial charge in [0.2, 0.25) is 11.1 Å². The summed E-state index contributed by atoms with van der Waals surface area (Å²) in [6.45, 7) is 2.51. The van der Waals surface area contributed by atoms with E-state index in [1.54, 1.807) is 4.68 Å². The number of carbonyl (C=O) groups is 3. The van der Waals surface area contributed by atoms with E-state index in [0.29, 0.717) is 34.7 Å². The van der Waals surface area contributed by atoms with Crippen molar-refractivity contribution in [3.8, 4) is 0 Å². The lowest BCUT2D eigenvalue weighted by Crippen LogP contribution is -2.70. The Bertz CT molecular complexity index is 831. The normalized spacial score (nSPS) is 21.0. The highest BCUT2D eigenvalue weighted by atomic mass is 32.2. The largest absolute Gasteiger partial charge is 0.477 e. The van der Waals surface area contributed by atoms with Crippen molar-refractivity contribution in [2.24, 2.45) is 0 Å². The number of carbonyl (C=O) groups excluding carboxylic acids is 2. The number of thioether (sulfide) groups is 3. The minimum Gasteiger partial charge on any atom is -0.477 e. The third-order valence-electron chi connectivity index (χ3n) is 4.17. The van der Waals surface area contributed by atoms with Crippen LogP contribution < -0.4 is 5.32 Å². The van der Waals surface area contributed by atoms with Crippen molar-refractivity contribution in [3.63, 3.8) is 0 Å². The summed E-state index contributed by atoms with van der Waals surface area (Å²) in [7, 11) is 1.54. The smallest absolute Gasteiger partial charge is 0.352 e. The first-order chi connectivity index (χ1) is 14.0. The van der Waals surface area contributed by atoms with Gasteiger partial charge in [-0.05, 0) is 22.9 Å². The van der Waals surface area contributed by atoms with E-state index in [1.165, 1.54) is 47.3 Å². The molecule has 2 N–H and O–H groups in total. The molecule has 0 radical (unpaired) electrons. The van der Waals surface area contributed by atoms with Crippen LogP contribution in [0.3, 0.4) is 0 Å². The zero-order valence-corrected chi connectivity index (χ0v) is 18.2. The highest BCUT2D eigenvalue weighted by Crippen LogP contribution is 2.41. The Morgan fingerprint density at radius 2 is 2.24 bits per heavy atom. The van der Waals surface area contributed by atoms with Crippen LogP contribution in [0.4, 0.5) is 0 Å². The minimum absolute atomic E-state index is 0.0129. The molecule has 158 valence electrons. The van der Waals surface area contributed by atoms with Gasteiger partial charge in [-0.15, -0.1) is 28.6 Å². The number of aryl methyl sites for hydroxylation is 1. The maximum atomic E-state index is 12.6. The van der Waals surface area contributed by atoms with Crippen molar-refractivity contribution in [2.45, 2.75) is 30.0 Å². The molecule has 1 aromatic heterocycles. The Morgan fingerprint density at radius 1 is 1.45 bits per heavy atom. The van der Waals surface area contributed by atoms with Crippen molar-refractivity contribution >= 4 is 53.1 Å². The number of nitrogens with one attached hydrogen (secondary N) is 1. The number of carboxylic acid groups (broad SMARTS) is 1. The quantitative estimate of drug-likeness (QED) is 0.209. The predicted molar refractivity (Wildman–Crippen MR) is 108 cm³/mol. The van der Waals surface area contributed by atoms with Crippen molar-refractivity contribution in [2.75, 3.05) is 30.3 Å². The van der Waals surface area contributed by atoms with E-state index in [9.17, 15) is 19.5 Å². The zero-order chi connectivity index (χ0) is 21.0. The van der Waals surface area contributed by atoms with E-state index >= 15 is 0 Å². The Kier molecular flexibility index (Phi) is 7.43. The molecule has 1 saturated heterocycles. The average Bonchev–Trinajstić information content (AvgIpc) is 3.17. The number of ether oxygens (including phenoxy) is 1. The molecule has 0 bridgehead atoms. The van der Waals surface area contributed by atoms with Gasteiger partial charge in [-0.2, -0.15) is 0 Å². The summed E-state index contributed by atoms with van der Waals surface area (Å²) >= 11 is 4.06. The minimum atomic E-state index is -1.16. The molecular weight excluding hydrogens is 440 g/mol. The fourth-order valence-electron chi connectivity index (χ4n) is 2.88. The molecule has 1 aromatic rings. The standard InChI is InChI=1S/C15H20N6O5S3/c1-3-20-15(17-18-19-20)29-5-8-4-28-13-10(16-9(22)6-27-7-26-2)12(23)21(13)11(8)14(24)25/h10,13H,3-7H2,1-2H3,(H,16,22)(H,24,25)/t10-,13?/m0/s1. The summed E-state index contributed by atoms with van der Waals surface area (Å²) in [5.41, 5.74) is 0.615. The Hall–Kier alpha value is -1.77. The molecule has 3 rings (SSSR count). The SMILES string of the molecule is CCn1nnnc1SCC1=C(C(=O)O)N2C(=O)[C@H](NC(=O)CSCOC)C2SC1. The van der Waals surface area contributed by atoms with Gasteiger partial charge in [-0.25, -0.2) is 9.48 Å². The van der Waals surface area contributed by atoms with Crippen LogP contribution >= 0.6 is 35.3 Å². The van der Waals surface area contributed by atoms with Gasteiger partial charge in [0, 0.05) is 25.2 Å². The molecular formula is C15H20N6O5S3. The predicted octanol–water partition coefficient (Wildman–Crippen LogP) is -0.139. The monoisotopic (exact) mass is 460 g/mol. The van der Waals surface area contributed by atoms with Gasteiger partial charge in [0.1, 0.15) is 17.1 Å². The fraction of sp³-hybridized carbons (Fsp3) is 0.600. The lowest BCUT2D eigenvalue weighted by atomic mass is 10.0. The zero-order valence-electron chi connectivity index (χ0n) is 15.7. The molecule has 29 heavy (non-hydrogen) atoms. The molecule has 0 saturated carbocycles. The molecule has 0 aliphatic carbocycles. The number of rotatable bonds is 10. The summed E-state index contributed by atoms with van der Waals surface area (Å²) in [6, 6.07) is -0.716. The van der Waals surface area contributed by atoms with Crippen LogP contribution in [0.2, 0.25) is 0 Å². The van der Waals surface area contributed by atoms with Gasteiger partial charge < -0.3 is 15.2 Å². The molecule has 0 aromatic carbocycles. The number of nitrogens with zero attached hydrogens (tertiary/aromatic N) is 5. The van der Waals surface area contributed by atoms with Gasteiger partial charge >= 0.3 is 5.97 Å². The first-order valence-corrected chi connectivity index (χ1v) is 11.8. The van der Waals surface area contributed by atoms with Crippen molar-refractivity contribution in [1.82, 2.24) is 30.4 Å². The van der Waals surface area contributed by atoms with E-state index in [1.807, 2.05) is 6.92 Å². The number of amides is 2. The number of carboxylic acids is 1. The topological polar surface area (TPSA) is 140 Å². The van der Waals surface area contributed by atoms with E-state index in [0.717, 1.165) is 0 Å². The van der Waals surface area contributed by atoms with E-state index in [-0.39, 0.29) is 17.4 Å². The van der Waals surface area contributed by atoms with Gasteiger partial charge in [0.25, 0.3) is 5.91 Å².